The third-order valence-corrected chi connectivity index (χ3v) is 7.19. The average molecular weight is 444 g/mol. The van der Waals surface area contributed by atoms with Crippen molar-refractivity contribution in [1.82, 2.24) is 0 Å². The van der Waals surface area contributed by atoms with Crippen molar-refractivity contribution in [3.63, 3.8) is 0 Å². The zero-order chi connectivity index (χ0) is 20.9. The first-order valence-corrected chi connectivity index (χ1v) is 10.9. The minimum atomic E-state index is -0.424. The van der Waals surface area contributed by atoms with E-state index >= 15 is 0 Å². The Kier molecular flexibility index (Phi) is 5.20. The summed E-state index contributed by atoms with van der Waals surface area (Å²) in [6, 6.07) is 9.58. The normalized spacial score (nSPS) is 19.5. The second kappa shape index (κ2) is 7.53. The topological polar surface area (TPSA) is 70.1 Å². The number of nitrogens with zero attached hydrogens (tertiary/aromatic N) is 2. The standard InChI is InChI=1S/C22H19Cl2N3OS/c1-11-8-14(12(2)29-11)20-15(10-25)22(26)27(13-6-7-16(23)17(24)9-13)18-4-3-5-19(28)21(18)20/h6-9,20H,3-5,26H2,1-2H3. The van der Waals surface area contributed by atoms with E-state index in [9.17, 15) is 10.1 Å². The maximum absolute atomic E-state index is 13.1. The van der Waals surface area contributed by atoms with Crippen molar-refractivity contribution in [1.29, 1.82) is 5.26 Å². The van der Waals surface area contributed by atoms with Crippen LogP contribution in [0.5, 0.6) is 0 Å². The molecule has 4 nitrogen and oxygen atoms in total. The smallest absolute Gasteiger partial charge is 0.161 e. The van der Waals surface area contributed by atoms with Gasteiger partial charge in [-0.2, -0.15) is 5.26 Å². The lowest BCUT2D eigenvalue weighted by molar-refractivity contribution is -0.116. The number of hydrogen-bond donors (Lipinski definition) is 1. The van der Waals surface area contributed by atoms with E-state index < -0.39 is 5.92 Å². The number of carbonyl (C=O) groups is 1. The Balaban J connectivity index is 1.99. The van der Waals surface area contributed by atoms with Crippen molar-refractivity contribution in [3.8, 4) is 6.07 Å². The molecule has 29 heavy (non-hydrogen) atoms. The average Bonchev–Trinajstić information content (AvgIpc) is 3.01. The summed E-state index contributed by atoms with van der Waals surface area (Å²) >= 11 is 14.0. The predicted molar refractivity (Wildman–Crippen MR) is 118 cm³/mol. The Morgan fingerprint density at radius 1 is 1.21 bits per heavy atom. The Morgan fingerprint density at radius 3 is 2.59 bits per heavy atom. The van der Waals surface area contributed by atoms with E-state index in [1.54, 1.807) is 34.4 Å². The highest BCUT2D eigenvalue weighted by atomic mass is 35.5. The first-order chi connectivity index (χ1) is 13.8. The lowest BCUT2D eigenvalue weighted by Crippen LogP contribution is -2.38. The molecule has 1 unspecified atom stereocenters. The van der Waals surface area contributed by atoms with E-state index in [0.29, 0.717) is 45.5 Å². The van der Waals surface area contributed by atoms with E-state index in [1.165, 1.54) is 0 Å². The Morgan fingerprint density at radius 2 is 1.97 bits per heavy atom. The van der Waals surface area contributed by atoms with Crippen LogP contribution in [0.15, 0.2) is 46.9 Å². The lowest BCUT2D eigenvalue weighted by atomic mass is 9.75. The van der Waals surface area contributed by atoms with Crippen molar-refractivity contribution in [2.45, 2.75) is 39.0 Å². The number of ketones is 1. The third-order valence-electron chi connectivity index (χ3n) is 5.47. The second-order valence-corrected chi connectivity index (χ2v) is 9.56. The Bertz CT molecular complexity index is 1140. The number of hydrogen-bond acceptors (Lipinski definition) is 5. The van der Waals surface area contributed by atoms with Crippen LogP contribution in [0.4, 0.5) is 5.69 Å². The molecule has 1 aromatic carbocycles. The molecule has 1 atom stereocenters. The molecule has 4 rings (SSSR count). The molecule has 0 spiro atoms. The number of carbonyl (C=O) groups excluding carboxylic acids is 1. The maximum Gasteiger partial charge on any atom is 0.161 e. The quantitative estimate of drug-likeness (QED) is 0.619. The van der Waals surface area contributed by atoms with Crippen molar-refractivity contribution < 1.29 is 4.79 Å². The van der Waals surface area contributed by atoms with E-state index in [0.717, 1.165) is 27.4 Å². The summed E-state index contributed by atoms with van der Waals surface area (Å²) < 4.78 is 0. The minimum absolute atomic E-state index is 0.0739. The fraction of sp³-hybridized carbons (Fsp3) is 0.273. The van der Waals surface area contributed by atoms with Crippen molar-refractivity contribution in [2.75, 3.05) is 4.90 Å². The number of rotatable bonds is 2. The van der Waals surface area contributed by atoms with Gasteiger partial charge in [0.25, 0.3) is 0 Å². The molecule has 0 saturated heterocycles. The number of halogens is 2. The van der Waals surface area contributed by atoms with Crippen LogP contribution in [0, 0.1) is 25.2 Å². The summed E-state index contributed by atoms with van der Waals surface area (Å²) in [6.07, 6.45) is 1.93. The lowest BCUT2D eigenvalue weighted by Gasteiger charge is -2.39. The molecule has 1 aromatic heterocycles. The van der Waals surface area contributed by atoms with Gasteiger partial charge in [0.15, 0.2) is 5.78 Å². The van der Waals surface area contributed by atoms with Crippen molar-refractivity contribution in [3.05, 3.63) is 72.3 Å². The first kappa shape index (κ1) is 20.0. The SMILES string of the molecule is Cc1cc(C2C(C#N)=C(N)N(c3ccc(Cl)c(Cl)c3)C3=C2C(=O)CCC3)c(C)s1. The monoisotopic (exact) mass is 443 g/mol. The van der Waals surface area contributed by atoms with Gasteiger partial charge in [-0.3, -0.25) is 9.69 Å². The molecule has 1 aliphatic heterocycles. The summed E-state index contributed by atoms with van der Waals surface area (Å²) in [5, 5.41) is 10.9. The van der Waals surface area contributed by atoms with Crippen molar-refractivity contribution in [2.24, 2.45) is 5.73 Å². The summed E-state index contributed by atoms with van der Waals surface area (Å²) in [7, 11) is 0. The molecule has 0 saturated carbocycles. The van der Waals surface area contributed by atoms with Gasteiger partial charge in [0.05, 0.1) is 27.6 Å². The van der Waals surface area contributed by atoms with Gasteiger partial charge >= 0.3 is 0 Å². The van der Waals surface area contributed by atoms with Crippen LogP contribution in [0.2, 0.25) is 10.0 Å². The molecule has 2 heterocycles. The number of aryl methyl sites for hydroxylation is 2. The molecule has 2 N–H and O–H groups in total. The van der Waals surface area contributed by atoms with Gasteiger partial charge in [0.1, 0.15) is 5.82 Å². The zero-order valence-corrected chi connectivity index (χ0v) is 18.4. The Labute approximate surface area is 183 Å². The molecular weight excluding hydrogens is 425 g/mol. The first-order valence-electron chi connectivity index (χ1n) is 9.31. The molecule has 148 valence electrons. The summed E-state index contributed by atoms with van der Waals surface area (Å²) in [4.78, 5) is 17.1. The van der Waals surface area contributed by atoms with Crippen LogP contribution >= 0.6 is 34.5 Å². The highest BCUT2D eigenvalue weighted by Crippen LogP contribution is 2.48. The number of allylic oxidation sites excluding steroid dienone is 3. The largest absolute Gasteiger partial charge is 0.384 e. The summed E-state index contributed by atoms with van der Waals surface area (Å²) in [6.45, 7) is 4.06. The predicted octanol–water partition coefficient (Wildman–Crippen LogP) is 5.98. The highest BCUT2D eigenvalue weighted by molar-refractivity contribution is 7.12. The Hall–Kier alpha value is -2.26. The number of benzene rings is 1. The van der Waals surface area contributed by atoms with Crippen molar-refractivity contribution >= 4 is 46.0 Å². The van der Waals surface area contributed by atoms with Crippen LogP contribution in [-0.4, -0.2) is 5.78 Å². The third kappa shape index (κ3) is 3.26. The molecule has 2 aliphatic rings. The number of nitriles is 1. The number of thiophene rings is 1. The summed E-state index contributed by atoms with van der Waals surface area (Å²) in [5.74, 6) is -0.0100. The number of nitrogens with two attached hydrogens (primary N) is 1. The fourth-order valence-corrected chi connectivity index (χ4v) is 5.51. The van der Waals surface area contributed by atoms with Gasteiger partial charge in [-0.1, -0.05) is 23.2 Å². The van der Waals surface area contributed by atoms with Gasteiger partial charge < -0.3 is 5.73 Å². The number of Topliss-reactive ketones (excluding diaryl/α,β-unsaturated/α-hetero) is 1. The van der Waals surface area contributed by atoms with Gasteiger partial charge in [0.2, 0.25) is 0 Å². The van der Waals surface area contributed by atoms with Crippen LogP contribution in [-0.2, 0) is 4.79 Å². The van der Waals surface area contributed by atoms with Crippen LogP contribution in [0.3, 0.4) is 0 Å². The molecule has 7 heteroatoms. The van der Waals surface area contributed by atoms with E-state index in [2.05, 4.69) is 12.1 Å². The fourth-order valence-electron chi connectivity index (χ4n) is 4.25. The van der Waals surface area contributed by atoms with E-state index in [1.807, 2.05) is 13.8 Å². The van der Waals surface area contributed by atoms with E-state index in [4.69, 9.17) is 28.9 Å². The molecule has 0 radical (unpaired) electrons. The molecule has 0 fully saturated rings. The molecular formula is C22H19Cl2N3OS. The molecule has 0 amide bonds. The van der Waals surface area contributed by atoms with Gasteiger partial charge in [-0.05, 0) is 56.5 Å². The molecule has 1 aliphatic carbocycles. The zero-order valence-electron chi connectivity index (χ0n) is 16.1. The molecule has 2 aromatic rings. The van der Waals surface area contributed by atoms with Gasteiger partial charge in [0, 0.05) is 33.1 Å². The van der Waals surface area contributed by atoms with Gasteiger partial charge in [-0.25, -0.2) is 0 Å². The van der Waals surface area contributed by atoms with Crippen LogP contribution in [0.25, 0.3) is 0 Å². The highest BCUT2D eigenvalue weighted by Gasteiger charge is 2.41. The minimum Gasteiger partial charge on any atom is -0.384 e. The molecule has 0 bridgehead atoms. The second-order valence-electron chi connectivity index (χ2n) is 7.28. The van der Waals surface area contributed by atoms with Crippen LogP contribution < -0.4 is 10.6 Å². The maximum atomic E-state index is 13.1. The van der Waals surface area contributed by atoms with Crippen LogP contribution in [0.1, 0.15) is 40.5 Å². The van der Waals surface area contributed by atoms with Gasteiger partial charge in [-0.15, -0.1) is 11.3 Å². The summed E-state index contributed by atoms with van der Waals surface area (Å²) in [5.41, 5.74) is 10.2. The van der Waals surface area contributed by atoms with E-state index in [-0.39, 0.29) is 5.78 Å². The number of anilines is 1.